The van der Waals surface area contributed by atoms with Crippen molar-refractivity contribution in [3.8, 4) is 0 Å². The number of aromatic nitrogens is 2. The van der Waals surface area contributed by atoms with Gasteiger partial charge >= 0.3 is 0 Å². The third-order valence-electron chi connectivity index (χ3n) is 4.00. The van der Waals surface area contributed by atoms with E-state index in [-0.39, 0.29) is 5.56 Å². The van der Waals surface area contributed by atoms with E-state index in [0.29, 0.717) is 23.1 Å². The summed E-state index contributed by atoms with van der Waals surface area (Å²) in [4.78, 5) is 20.4. The van der Waals surface area contributed by atoms with E-state index in [1.54, 1.807) is 13.2 Å². The summed E-state index contributed by atoms with van der Waals surface area (Å²) >= 11 is 6.20. The maximum Gasteiger partial charge on any atom is 0.283 e. The van der Waals surface area contributed by atoms with Crippen LogP contribution in [0.4, 0.5) is 11.6 Å². The molecule has 0 aliphatic rings. The third kappa shape index (κ3) is 4.00. The molecule has 0 amide bonds. The number of nitrogens with one attached hydrogen (secondary N) is 1. The smallest absolute Gasteiger partial charge is 0.283 e. The fourth-order valence-electron chi connectivity index (χ4n) is 2.60. The lowest BCUT2D eigenvalue weighted by Gasteiger charge is -2.16. The van der Waals surface area contributed by atoms with Crippen molar-refractivity contribution in [2.24, 2.45) is 4.99 Å². The third-order valence-corrected chi connectivity index (χ3v) is 4.41. The lowest BCUT2D eigenvalue weighted by Crippen LogP contribution is -2.21. The number of hydrogen-bond acceptors (Lipinski definition) is 4. The summed E-state index contributed by atoms with van der Waals surface area (Å²) in [7, 11) is 1.63. The highest BCUT2D eigenvalue weighted by molar-refractivity contribution is 6.31. The van der Waals surface area contributed by atoms with Crippen molar-refractivity contribution < 1.29 is 0 Å². The van der Waals surface area contributed by atoms with Gasteiger partial charge in [-0.25, -0.2) is 0 Å². The van der Waals surface area contributed by atoms with Crippen LogP contribution in [0.5, 0.6) is 0 Å². The quantitative estimate of drug-likeness (QED) is 0.693. The Hall–Kier alpha value is -2.92. The van der Waals surface area contributed by atoms with Crippen LogP contribution in [0, 0.1) is 6.92 Å². The van der Waals surface area contributed by atoms with Crippen LogP contribution in [0.1, 0.15) is 16.7 Å². The molecular formula is C20H19ClN4O. The molecule has 132 valence electrons. The molecule has 0 bridgehead atoms. The van der Waals surface area contributed by atoms with E-state index in [9.17, 15) is 4.79 Å². The molecule has 26 heavy (non-hydrogen) atoms. The van der Waals surface area contributed by atoms with Gasteiger partial charge in [0.05, 0.1) is 12.1 Å². The highest BCUT2D eigenvalue weighted by Crippen LogP contribution is 2.25. The highest BCUT2D eigenvalue weighted by Gasteiger charge is 2.10. The lowest BCUT2D eigenvalue weighted by atomic mass is 10.2. The average Bonchev–Trinajstić information content (AvgIpc) is 2.63. The van der Waals surface area contributed by atoms with Crippen LogP contribution in [0.3, 0.4) is 0 Å². The van der Waals surface area contributed by atoms with Crippen LogP contribution >= 0.6 is 11.6 Å². The number of halogens is 1. The molecule has 0 radical (unpaired) electrons. The summed E-state index contributed by atoms with van der Waals surface area (Å²) < 4.78 is 1.90. The first-order chi connectivity index (χ1) is 12.6. The van der Waals surface area contributed by atoms with Crippen molar-refractivity contribution in [1.29, 1.82) is 0 Å². The second-order valence-corrected chi connectivity index (χ2v) is 6.27. The Bertz CT molecular complexity index is 996. The molecule has 0 aliphatic heterocycles. The molecule has 2 aromatic carbocycles. The Labute approximate surface area is 157 Å². The van der Waals surface area contributed by atoms with Crippen LogP contribution in [0.15, 0.2) is 64.5 Å². The Balaban J connectivity index is 2.06. The van der Waals surface area contributed by atoms with E-state index in [1.165, 1.54) is 6.21 Å². The molecule has 6 heteroatoms. The van der Waals surface area contributed by atoms with Gasteiger partial charge in [-0.1, -0.05) is 48.0 Å². The number of aliphatic imine (C=N–C) groups is 1. The van der Waals surface area contributed by atoms with Gasteiger partial charge in [0, 0.05) is 30.2 Å². The Morgan fingerprint density at radius 1 is 1.19 bits per heavy atom. The predicted octanol–water partition coefficient (Wildman–Crippen LogP) is 4.05. The van der Waals surface area contributed by atoms with Crippen molar-refractivity contribution in [2.45, 2.75) is 13.5 Å². The molecule has 3 rings (SSSR count). The zero-order valence-corrected chi connectivity index (χ0v) is 15.4. The Morgan fingerprint density at radius 2 is 1.96 bits per heavy atom. The molecule has 1 aromatic heterocycles. The molecule has 0 saturated carbocycles. The number of benzene rings is 2. The fraction of sp³-hybridized carbons (Fsp3) is 0.150. The highest BCUT2D eigenvalue weighted by atomic mass is 35.5. The number of anilines is 2. The molecule has 0 spiro atoms. The van der Waals surface area contributed by atoms with Crippen molar-refractivity contribution in [2.75, 3.05) is 12.4 Å². The number of rotatable bonds is 5. The van der Waals surface area contributed by atoms with Gasteiger partial charge in [0.1, 0.15) is 0 Å². The fourth-order valence-corrected chi connectivity index (χ4v) is 2.78. The van der Waals surface area contributed by atoms with Crippen LogP contribution in [-0.4, -0.2) is 22.8 Å². The summed E-state index contributed by atoms with van der Waals surface area (Å²) in [6.45, 7) is 2.49. The molecule has 5 nitrogen and oxygen atoms in total. The molecule has 0 atom stereocenters. The zero-order valence-electron chi connectivity index (χ0n) is 14.6. The van der Waals surface area contributed by atoms with Gasteiger partial charge < -0.3 is 9.88 Å². The minimum absolute atomic E-state index is 0.331. The lowest BCUT2D eigenvalue weighted by molar-refractivity contribution is 0.772. The molecule has 1 heterocycles. The van der Waals surface area contributed by atoms with Gasteiger partial charge in [0.2, 0.25) is 5.95 Å². The molecule has 3 aromatic rings. The van der Waals surface area contributed by atoms with E-state index in [1.807, 2.05) is 60.0 Å². The largest absolute Gasteiger partial charge is 0.325 e. The van der Waals surface area contributed by atoms with E-state index in [0.717, 1.165) is 16.8 Å². The molecule has 0 fully saturated rings. The van der Waals surface area contributed by atoms with Gasteiger partial charge in [-0.2, -0.15) is 4.98 Å². The summed E-state index contributed by atoms with van der Waals surface area (Å²) in [6, 6.07) is 15.6. The van der Waals surface area contributed by atoms with Gasteiger partial charge in [0.15, 0.2) is 0 Å². The van der Waals surface area contributed by atoms with Crippen molar-refractivity contribution >= 4 is 29.5 Å². The normalized spacial score (nSPS) is 11.0. The zero-order chi connectivity index (χ0) is 18.5. The van der Waals surface area contributed by atoms with Crippen LogP contribution in [-0.2, 0) is 6.54 Å². The predicted molar refractivity (Wildman–Crippen MR) is 107 cm³/mol. The molecule has 1 N–H and O–H groups in total. The van der Waals surface area contributed by atoms with Crippen LogP contribution in [0.25, 0.3) is 0 Å². The average molecular weight is 367 g/mol. The minimum atomic E-state index is -0.331. The van der Waals surface area contributed by atoms with Crippen molar-refractivity contribution in [1.82, 2.24) is 9.55 Å². The molecule has 0 unspecified atom stereocenters. The summed E-state index contributed by atoms with van der Waals surface area (Å²) in [6.07, 6.45) is 3.28. The van der Waals surface area contributed by atoms with E-state index in [4.69, 9.17) is 11.6 Å². The maximum absolute atomic E-state index is 12.3. The summed E-state index contributed by atoms with van der Waals surface area (Å²) in [5.74, 6) is 0.456. The summed E-state index contributed by atoms with van der Waals surface area (Å²) in [5, 5.41) is 3.89. The van der Waals surface area contributed by atoms with Gasteiger partial charge in [-0.15, -0.1) is 0 Å². The Kier molecular flexibility index (Phi) is 5.49. The van der Waals surface area contributed by atoms with Gasteiger partial charge in [-0.3, -0.25) is 9.79 Å². The summed E-state index contributed by atoms with van der Waals surface area (Å²) in [5.41, 5.74) is 2.92. The second-order valence-electron chi connectivity index (χ2n) is 5.86. The first-order valence-electron chi connectivity index (χ1n) is 8.18. The first-order valence-corrected chi connectivity index (χ1v) is 8.56. The van der Waals surface area contributed by atoms with Crippen molar-refractivity contribution in [3.63, 3.8) is 0 Å². The number of hydrogen-bond donors (Lipinski definition) is 1. The maximum atomic E-state index is 12.3. The van der Waals surface area contributed by atoms with Crippen LogP contribution in [0.2, 0.25) is 5.02 Å². The topological polar surface area (TPSA) is 59.3 Å². The monoisotopic (exact) mass is 366 g/mol. The molecule has 0 aliphatic carbocycles. The van der Waals surface area contributed by atoms with Crippen molar-refractivity contribution in [3.05, 3.63) is 86.8 Å². The standard InChI is InChI=1S/C20H19ClN4O/c1-14-17(21)9-6-10-18(14)23-20-24-19(26)16(11-22-2)13-25(20)12-15-7-4-3-5-8-15/h3-11,13H,12H2,1-2H3,(H,23,24,26). The second kappa shape index (κ2) is 7.97. The molecule has 0 saturated heterocycles. The van der Waals surface area contributed by atoms with Gasteiger partial charge in [-0.05, 0) is 30.2 Å². The van der Waals surface area contributed by atoms with Crippen LogP contribution < -0.4 is 10.9 Å². The van der Waals surface area contributed by atoms with E-state index in [2.05, 4.69) is 15.3 Å². The SMILES string of the molecule is CN=Cc1cn(Cc2ccccc2)c(Nc2cccc(Cl)c2C)nc1=O. The van der Waals surface area contributed by atoms with E-state index >= 15 is 0 Å². The first kappa shape index (κ1) is 17.9. The Morgan fingerprint density at radius 3 is 2.69 bits per heavy atom. The number of nitrogens with zero attached hydrogens (tertiary/aromatic N) is 3. The minimum Gasteiger partial charge on any atom is -0.325 e. The van der Waals surface area contributed by atoms with E-state index < -0.39 is 0 Å². The van der Waals surface area contributed by atoms with Gasteiger partial charge in [0.25, 0.3) is 5.56 Å². The molecular weight excluding hydrogens is 348 g/mol.